The summed E-state index contributed by atoms with van der Waals surface area (Å²) in [5, 5.41) is 0. The molecule has 4 nitrogen and oxygen atoms in total. The first-order chi connectivity index (χ1) is 6.13. The van der Waals surface area contributed by atoms with Crippen molar-refractivity contribution in [2.24, 2.45) is 0 Å². The molecule has 0 atom stereocenters. The Kier molecular flexibility index (Phi) is 8.33. The van der Waals surface area contributed by atoms with Crippen molar-refractivity contribution in [1.29, 1.82) is 0 Å². The van der Waals surface area contributed by atoms with Crippen LogP contribution in [0.2, 0.25) is 0 Å². The van der Waals surface area contributed by atoms with Gasteiger partial charge >= 0.3 is 0 Å². The van der Waals surface area contributed by atoms with Crippen molar-refractivity contribution >= 4 is 0 Å². The smallest absolute Gasteiger partial charge is 0.0227 e. The van der Waals surface area contributed by atoms with Crippen LogP contribution in [0.25, 0.3) is 0 Å². The predicted molar refractivity (Wildman–Crippen MR) is 57.7 cm³/mol. The van der Waals surface area contributed by atoms with Crippen molar-refractivity contribution in [3.05, 3.63) is 0 Å². The van der Waals surface area contributed by atoms with Gasteiger partial charge in [0.2, 0.25) is 0 Å². The zero-order valence-electron chi connectivity index (χ0n) is 9.43. The summed E-state index contributed by atoms with van der Waals surface area (Å²) in [4.78, 5) is 4.36. The lowest BCUT2D eigenvalue weighted by Gasteiger charge is -2.12. The number of rotatable bonds is 8. The molecule has 0 spiro atoms. The summed E-state index contributed by atoms with van der Waals surface area (Å²) < 4.78 is 0. The molecule has 0 amide bonds. The third-order valence-corrected chi connectivity index (χ3v) is 1.72. The van der Waals surface area contributed by atoms with Crippen LogP contribution in [0.3, 0.4) is 0 Å². The minimum atomic E-state index is 0.995. The summed E-state index contributed by atoms with van der Waals surface area (Å²) in [5.41, 5.74) is 6.37. The number of hydrogen-bond acceptors (Lipinski definition) is 4. The second-order valence-electron chi connectivity index (χ2n) is 3.81. The van der Waals surface area contributed by atoms with Crippen molar-refractivity contribution < 1.29 is 0 Å². The van der Waals surface area contributed by atoms with E-state index in [4.69, 9.17) is 0 Å². The maximum atomic E-state index is 3.19. The average molecular weight is 188 g/mol. The van der Waals surface area contributed by atoms with Gasteiger partial charge in [-0.15, -0.1) is 0 Å². The molecule has 0 saturated heterocycles. The first kappa shape index (κ1) is 12.8. The largest absolute Gasteiger partial charge is 0.309 e. The standard InChI is InChI=1S/C9H24N4/c1-12(2)8-5-6-10-11-7-9-13(3)4/h10-11H,5-9H2,1-4H3. The minimum Gasteiger partial charge on any atom is -0.309 e. The number of likely N-dealkylation sites (N-methyl/N-ethyl adjacent to an activating group) is 1. The van der Waals surface area contributed by atoms with E-state index in [2.05, 4.69) is 48.8 Å². The van der Waals surface area contributed by atoms with Gasteiger partial charge in [0.05, 0.1) is 0 Å². The van der Waals surface area contributed by atoms with Gasteiger partial charge in [0.25, 0.3) is 0 Å². The van der Waals surface area contributed by atoms with Gasteiger partial charge in [-0.3, -0.25) is 10.9 Å². The molecular formula is C9H24N4. The summed E-state index contributed by atoms with van der Waals surface area (Å²) >= 11 is 0. The molecule has 13 heavy (non-hydrogen) atoms. The first-order valence-electron chi connectivity index (χ1n) is 4.88. The highest BCUT2D eigenvalue weighted by Gasteiger charge is 1.91. The van der Waals surface area contributed by atoms with Gasteiger partial charge in [0, 0.05) is 19.6 Å². The number of nitrogens with zero attached hydrogens (tertiary/aromatic N) is 2. The van der Waals surface area contributed by atoms with Crippen LogP contribution in [0.5, 0.6) is 0 Å². The summed E-state index contributed by atoms with van der Waals surface area (Å²) in [7, 11) is 8.35. The molecule has 0 radical (unpaired) electrons. The van der Waals surface area contributed by atoms with Gasteiger partial charge in [-0.2, -0.15) is 0 Å². The van der Waals surface area contributed by atoms with E-state index >= 15 is 0 Å². The topological polar surface area (TPSA) is 30.5 Å². The quantitative estimate of drug-likeness (QED) is 0.401. The SMILES string of the molecule is CN(C)CCCNNCCN(C)C. The van der Waals surface area contributed by atoms with E-state index in [1.807, 2.05) is 0 Å². The van der Waals surface area contributed by atoms with Crippen molar-refractivity contribution in [3.63, 3.8) is 0 Å². The lowest BCUT2D eigenvalue weighted by atomic mass is 10.4. The van der Waals surface area contributed by atoms with Crippen LogP contribution in [-0.4, -0.2) is 64.2 Å². The molecule has 0 aromatic carbocycles. The fraction of sp³-hybridized carbons (Fsp3) is 1.00. The fourth-order valence-corrected chi connectivity index (χ4v) is 0.940. The van der Waals surface area contributed by atoms with Crippen molar-refractivity contribution in [3.8, 4) is 0 Å². The van der Waals surface area contributed by atoms with Crippen molar-refractivity contribution in [2.75, 3.05) is 54.4 Å². The molecule has 0 heterocycles. The van der Waals surface area contributed by atoms with Crippen molar-refractivity contribution in [2.45, 2.75) is 6.42 Å². The van der Waals surface area contributed by atoms with E-state index in [-0.39, 0.29) is 0 Å². The number of nitrogens with one attached hydrogen (secondary N) is 2. The van der Waals surface area contributed by atoms with Crippen LogP contribution < -0.4 is 10.9 Å². The zero-order valence-corrected chi connectivity index (χ0v) is 9.43. The molecule has 0 aliphatic heterocycles. The van der Waals surface area contributed by atoms with Gasteiger partial charge in [0.15, 0.2) is 0 Å². The minimum absolute atomic E-state index is 0.995. The third-order valence-electron chi connectivity index (χ3n) is 1.72. The molecule has 0 aliphatic rings. The van der Waals surface area contributed by atoms with E-state index in [9.17, 15) is 0 Å². The average Bonchev–Trinajstić information content (AvgIpc) is 2.01. The maximum Gasteiger partial charge on any atom is 0.0227 e. The molecule has 4 heteroatoms. The molecule has 0 rings (SSSR count). The van der Waals surface area contributed by atoms with E-state index in [1.165, 1.54) is 6.42 Å². The van der Waals surface area contributed by atoms with E-state index < -0.39 is 0 Å². The van der Waals surface area contributed by atoms with Crippen molar-refractivity contribution in [1.82, 2.24) is 20.7 Å². The lowest BCUT2D eigenvalue weighted by molar-refractivity contribution is 0.365. The first-order valence-corrected chi connectivity index (χ1v) is 4.88. The Morgan fingerprint density at radius 1 is 0.769 bits per heavy atom. The number of hydrazine groups is 1. The molecule has 0 unspecified atom stereocenters. The Morgan fingerprint density at radius 3 is 1.85 bits per heavy atom. The number of hydrogen-bond donors (Lipinski definition) is 2. The maximum absolute atomic E-state index is 3.19. The highest BCUT2D eigenvalue weighted by atomic mass is 15.4. The van der Waals surface area contributed by atoms with Crippen LogP contribution in [0.1, 0.15) is 6.42 Å². The molecule has 0 aliphatic carbocycles. The van der Waals surface area contributed by atoms with Gasteiger partial charge in [0.1, 0.15) is 0 Å². The monoisotopic (exact) mass is 188 g/mol. The van der Waals surface area contributed by atoms with Crippen LogP contribution >= 0.6 is 0 Å². The Hall–Kier alpha value is -0.160. The normalized spacial score (nSPS) is 11.5. The highest BCUT2D eigenvalue weighted by molar-refractivity contribution is 4.49. The van der Waals surface area contributed by atoms with Crippen LogP contribution in [0.4, 0.5) is 0 Å². The highest BCUT2D eigenvalue weighted by Crippen LogP contribution is 1.79. The molecule has 80 valence electrons. The van der Waals surface area contributed by atoms with E-state index in [0.29, 0.717) is 0 Å². The van der Waals surface area contributed by atoms with E-state index in [1.54, 1.807) is 0 Å². The fourth-order valence-electron chi connectivity index (χ4n) is 0.940. The Balaban J connectivity index is 2.92. The zero-order chi connectivity index (χ0) is 10.1. The second kappa shape index (κ2) is 8.44. The third kappa shape index (κ3) is 11.8. The predicted octanol–water partition coefficient (Wildman–Crippen LogP) is -0.406. The van der Waals surface area contributed by atoms with E-state index in [0.717, 1.165) is 26.2 Å². The Bertz CT molecular complexity index is 91.8. The molecule has 0 bridgehead atoms. The molecule has 0 saturated carbocycles. The molecule has 0 aromatic rings. The second-order valence-corrected chi connectivity index (χ2v) is 3.81. The van der Waals surface area contributed by atoms with Crippen LogP contribution in [0.15, 0.2) is 0 Å². The molecular weight excluding hydrogens is 164 g/mol. The van der Waals surface area contributed by atoms with Gasteiger partial charge in [-0.25, -0.2) is 0 Å². The Labute approximate surface area is 82.2 Å². The van der Waals surface area contributed by atoms with Crippen LogP contribution in [0, 0.1) is 0 Å². The van der Waals surface area contributed by atoms with Crippen LogP contribution in [-0.2, 0) is 0 Å². The summed E-state index contributed by atoms with van der Waals surface area (Å²) in [6.45, 7) is 4.24. The molecule has 2 N–H and O–H groups in total. The summed E-state index contributed by atoms with van der Waals surface area (Å²) in [6, 6.07) is 0. The van der Waals surface area contributed by atoms with Gasteiger partial charge in [-0.05, 0) is 41.2 Å². The molecule has 0 aromatic heterocycles. The van der Waals surface area contributed by atoms with Gasteiger partial charge in [-0.1, -0.05) is 0 Å². The lowest BCUT2D eigenvalue weighted by Crippen LogP contribution is -2.38. The molecule has 0 fully saturated rings. The summed E-state index contributed by atoms with van der Waals surface area (Å²) in [5.74, 6) is 0. The Morgan fingerprint density at radius 2 is 1.31 bits per heavy atom. The van der Waals surface area contributed by atoms with Gasteiger partial charge < -0.3 is 9.80 Å². The summed E-state index contributed by atoms with van der Waals surface area (Å²) in [6.07, 6.45) is 1.18.